The van der Waals surface area contributed by atoms with Gasteiger partial charge in [-0.1, -0.05) is 18.2 Å². The van der Waals surface area contributed by atoms with Gasteiger partial charge in [0.1, 0.15) is 5.75 Å². The molecule has 0 saturated heterocycles. The molecule has 0 heterocycles. The first-order valence-corrected chi connectivity index (χ1v) is 6.15. The molecular formula is C15H18O2. The predicted molar refractivity (Wildman–Crippen MR) is 68.3 cm³/mol. The molecule has 1 aromatic carbocycles. The summed E-state index contributed by atoms with van der Waals surface area (Å²) >= 11 is 0. The van der Waals surface area contributed by atoms with Crippen molar-refractivity contribution in [2.75, 3.05) is 7.11 Å². The molecule has 0 saturated carbocycles. The SMILES string of the molecule is COc1ccc(CC(=O)C2=CCCCC2)cc1. The Hall–Kier alpha value is -1.57. The minimum absolute atomic E-state index is 0.273. The highest BCUT2D eigenvalue weighted by molar-refractivity contribution is 5.96. The Bertz CT molecular complexity index is 415. The molecule has 0 amide bonds. The van der Waals surface area contributed by atoms with Gasteiger partial charge in [0.2, 0.25) is 0 Å². The number of benzene rings is 1. The van der Waals surface area contributed by atoms with E-state index in [9.17, 15) is 4.79 Å². The lowest BCUT2D eigenvalue weighted by Gasteiger charge is -2.11. The second-order valence-electron chi connectivity index (χ2n) is 4.42. The van der Waals surface area contributed by atoms with Crippen LogP contribution in [0.2, 0.25) is 0 Å². The average Bonchev–Trinajstić information content (AvgIpc) is 2.40. The van der Waals surface area contributed by atoms with E-state index in [1.165, 1.54) is 6.42 Å². The smallest absolute Gasteiger partial charge is 0.162 e. The maximum Gasteiger partial charge on any atom is 0.162 e. The van der Waals surface area contributed by atoms with Crippen molar-refractivity contribution in [2.45, 2.75) is 32.1 Å². The maximum absolute atomic E-state index is 12.0. The summed E-state index contributed by atoms with van der Waals surface area (Å²) in [5.41, 5.74) is 2.08. The topological polar surface area (TPSA) is 26.3 Å². The van der Waals surface area contributed by atoms with Gasteiger partial charge in [0.15, 0.2) is 5.78 Å². The molecule has 0 bridgehead atoms. The van der Waals surface area contributed by atoms with Crippen molar-refractivity contribution >= 4 is 5.78 Å². The number of hydrogen-bond donors (Lipinski definition) is 0. The molecule has 0 aromatic heterocycles. The molecule has 2 heteroatoms. The Morgan fingerprint density at radius 1 is 1.24 bits per heavy atom. The summed E-state index contributed by atoms with van der Waals surface area (Å²) in [5, 5.41) is 0. The molecule has 0 radical (unpaired) electrons. The number of ketones is 1. The summed E-state index contributed by atoms with van der Waals surface area (Å²) in [6.45, 7) is 0. The monoisotopic (exact) mass is 230 g/mol. The van der Waals surface area contributed by atoms with Crippen molar-refractivity contribution in [1.82, 2.24) is 0 Å². The standard InChI is InChI=1S/C15H18O2/c1-17-14-9-7-12(8-10-14)11-15(16)13-5-3-2-4-6-13/h5,7-10H,2-4,6,11H2,1H3. The zero-order chi connectivity index (χ0) is 12.1. The predicted octanol–water partition coefficient (Wildman–Crippen LogP) is 3.31. The largest absolute Gasteiger partial charge is 0.497 e. The molecule has 1 aliphatic carbocycles. The summed E-state index contributed by atoms with van der Waals surface area (Å²) < 4.78 is 5.09. The average molecular weight is 230 g/mol. The Labute approximate surface area is 102 Å². The van der Waals surface area contributed by atoms with E-state index < -0.39 is 0 Å². The number of carbonyl (C=O) groups excluding carboxylic acids is 1. The number of allylic oxidation sites excluding steroid dienone is 2. The quantitative estimate of drug-likeness (QED) is 0.793. The van der Waals surface area contributed by atoms with Gasteiger partial charge in [-0.25, -0.2) is 0 Å². The minimum atomic E-state index is 0.273. The third-order valence-electron chi connectivity index (χ3n) is 3.17. The third kappa shape index (κ3) is 3.19. The van der Waals surface area contributed by atoms with Crippen LogP contribution in [-0.4, -0.2) is 12.9 Å². The van der Waals surface area contributed by atoms with Crippen LogP contribution in [0.1, 0.15) is 31.2 Å². The lowest BCUT2D eigenvalue weighted by molar-refractivity contribution is -0.115. The summed E-state index contributed by atoms with van der Waals surface area (Å²) in [6.07, 6.45) is 7.00. The van der Waals surface area contributed by atoms with E-state index in [4.69, 9.17) is 4.74 Å². The first-order valence-electron chi connectivity index (χ1n) is 6.15. The highest BCUT2D eigenvalue weighted by Crippen LogP contribution is 2.20. The van der Waals surface area contributed by atoms with E-state index in [0.29, 0.717) is 6.42 Å². The van der Waals surface area contributed by atoms with Crippen molar-refractivity contribution in [1.29, 1.82) is 0 Å². The summed E-state index contributed by atoms with van der Waals surface area (Å²) in [4.78, 5) is 12.0. The Morgan fingerprint density at radius 3 is 2.59 bits per heavy atom. The van der Waals surface area contributed by atoms with E-state index in [-0.39, 0.29) is 5.78 Å². The second kappa shape index (κ2) is 5.67. The number of hydrogen-bond acceptors (Lipinski definition) is 2. The van der Waals surface area contributed by atoms with Crippen molar-refractivity contribution in [3.8, 4) is 5.75 Å². The van der Waals surface area contributed by atoms with Crippen LogP contribution >= 0.6 is 0 Å². The maximum atomic E-state index is 12.0. The molecule has 17 heavy (non-hydrogen) atoms. The lowest BCUT2D eigenvalue weighted by atomic mass is 9.93. The molecular weight excluding hydrogens is 212 g/mol. The van der Waals surface area contributed by atoms with Crippen LogP contribution in [0.25, 0.3) is 0 Å². The molecule has 0 aliphatic heterocycles. The van der Waals surface area contributed by atoms with Crippen LogP contribution in [0.3, 0.4) is 0 Å². The second-order valence-corrected chi connectivity index (χ2v) is 4.42. The molecule has 2 nitrogen and oxygen atoms in total. The zero-order valence-electron chi connectivity index (χ0n) is 10.2. The van der Waals surface area contributed by atoms with Crippen LogP contribution < -0.4 is 4.74 Å². The Morgan fingerprint density at radius 2 is 2.00 bits per heavy atom. The van der Waals surface area contributed by atoms with Gasteiger partial charge in [0, 0.05) is 6.42 Å². The summed E-state index contributed by atoms with van der Waals surface area (Å²) in [6, 6.07) is 7.72. The van der Waals surface area contributed by atoms with E-state index in [0.717, 1.165) is 36.1 Å². The molecule has 0 fully saturated rings. The fourth-order valence-electron chi connectivity index (χ4n) is 2.13. The van der Waals surface area contributed by atoms with Crippen molar-refractivity contribution in [2.24, 2.45) is 0 Å². The van der Waals surface area contributed by atoms with Gasteiger partial charge in [0.05, 0.1) is 7.11 Å². The van der Waals surface area contributed by atoms with Crippen LogP contribution in [0.15, 0.2) is 35.9 Å². The molecule has 1 aliphatic rings. The first-order chi connectivity index (χ1) is 8.29. The number of methoxy groups -OCH3 is 1. The summed E-state index contributed by atoms with van der Waals surface area (Å²) in [5.74, 6) is 1.10. The number of carbonyl (C=O) groups is 1. The lowest BCUT2D eigenvalue weighted by Crippen LogP contribution is -2.08. The van der Waals surface area contributed by atoms with E-state index in [2.05, 4.69) is 6.08 Å². The van der Waals surface area contributed by atoms with Gasteiger partial charge in [-0.2, -0.15) is 0 Å². The highest BCUT2D eigenvalue weighted by Gasteiger charge is 2.12. The molecule has 0 N–H and O–H groups in total. The normalized spacial score (nSPS) is 15.2. The number of Topliss-reactive ketones (excluding diaryl/α,β-unsaturated/α-hetero) is 1. The number of rotatable bonds is 4. The van der Waals surface area contributed by atoms with Gasteiger partial charge in [-0.3, -0.25) is 4.79 Å². The van der Waals surface area contributed by atoms with Crippen LogP contribution in [0.5, 0.6) is 5.75 Å². The van der Waals surface area contributed by atoms with Gasteiger partial charge in [-0.05, 0) is 49.0 Å². The van der Waals surface area contributed by atoms with Crippen molar-refractivity contribution in [3.05, 3.63) is 41.5 Å². The Balaban J connectivity index is 1.99. The Kier molecular flexibility index (Phi) is 3.97. The highest BCUT2D eigenvalue weighted by atomic mass is 16.5. The van der Waals surface area contributed by atoms with Gasteiger partial charge >= 0.3 is 0 Å². The molecule has 90 valence electrons. The fraction of sp³-hybridized carbons (Fsp3) is 0.400. The van der Waals surface area contributed by atoms with Gasteiger partial charge in [0.25, 0.3) is 0 Å². The van der Waals surface area contributed by atoms with Crippen LogP contribution in [0, 0.1) is 0 Å². The van der Waals surface area contributed by atoms with Crippen molar-refractivity contribution in [3.63, 3.8) is 0 Å². The third-order valence-corrected chi connectivity index (χ3v) is 3.17. The van der Waals surface area contributed by atoms with Gasteiger partial charge < -0.3 is 4.74 Å². The van der Waals surface area contributed by atoms with E-state index in [1.807, 2.05) is 24.3 Å². The minimum Gasteiger partial charge on any atom is -0.497 e. The first kappa shape index (κ1) is 11.9. The summed E-state index contributed by atoms with van der Waals surface area (Å²) in [7, 11) is 1.65. The number of ether oxygens (including phenoxy) is 1. The zero-order valence-corrected chi connectivity index (χ0v) is 10.2. The molecule has 1 aromatic rings. The van der Waals surface area contributed by atoms with Gasteiger partial charge in [-0.15, -0.1) is 0 Å². The molecule has 0 unspecified atom stereocenters. The molecule has 0 spiro atoms. The van der Waals surface area contributed by atoms with E-state index >= 15 is 0 Å². The molecule has 2 rings (SSSR count). The van der Waals surface area contributed by atoms with Crippen molar-refractivity contribution < 1.29 is 9.53 Å². The van der Waals surface area contributed by atoms with E-state index in [1.54, 1.807) is 7.11 Å². The fourth-order valence-corrected chi connectivity index (χ4v) is 2.13. The van der Waals surface area contributed by atoms with Crippen LogP contribution in [0.4, 0.5) is 0 Å². The van der Waals surface area contributed by atoms with Crippen LogP contribution in [-0.2, 0) is 11.2 Å². The molecule has 0 atom stereocenters.